The maximum absolute atomic E-state index is 12.6. The van der Waals surface area contributed by atoms with Gasteiger partial charge in [-0.05, 0) is 35.2 Å². The number of aliphatic hydroxyl groups is 1. The number of carbonyl (C=O) groups is 1. The topological polar surface area (TPSA) is 49.3 Å². The molecular formula is C18H21NO2. The molecule has 0 bridgehead atoms. The van der Waals surface area contributed by atoms with Crippen molar-refractivity contribution in [2.45, 2.75) is 37.2 Å². The van der Waals surface area contributed by atoms with Crippen molar-refractivity contribution >= 4 is 16.7 Å². The minimum atomic E-state index is -0.809. The molecule has 3 rings (SSSR count). The number of amides is 1. The molecule has 0 aliphatic heterocycles. The summed E-state index contributed by atoms with van der Waals surface area (Å²) in [6.45, 7) is 0. The molecule has 2 atom stereocenters. The first-order valence-electron chi connectivity index (χ1n) is 7.58. The zero-order valence-corrected chi connectivity index (χ0v) is 12.3. The van der Waals surface area contributed by atoms with Gasteiger partial charge in [0.05, 0.1) is 11.5 Å². The van der Waals surface area contributed by atoms with Crippen molar-refractivity contribution in [3.63, 3.8) is 0 Å². The number of fused-ring (bicyclic) bond motifs is 1. The summed E-state index contributed by atoms with van der Waals surface area (Å²) in [5, 5.41) is 15.6. The van der Waals surface area contributed by atoms with Gasteiger partial charge in [0.25, 0.3) is 0 Å². The van der Waals surface area contributed by atoms with Crippen molar-refractivity contribution in [3.05, 3.63) is 48.0 Å². The smallest absolute Gasteiger partial charge is 0.233 e. The lowest BCUT2D eigenvalue weighted by atomic mass is 9.66. The van der Waals surface area contributed by atoms with Gasteiger partial charge in [-0.1, -0.05) is 49.2 Å². The largest absolute Gasteiger partial charge is 0.392 e. The van der Waals surface area contributed by atoms with Crippen molar-refractivity contribution < 1.29 is 9.90 Å². The van der Waals surface area contributed by atoms with Gasteiger partial charge in [-0.2, -0.15) is 0 Å². The van der Waals surface area contributed by atoms with E-state index in [9.17, 15) is 9.90 Å². The van der Waals surface area contributed by atoms with E-state index in [-0.39, 0.29) is 5.91 Å². The predicted molar refractivity (Wildman–Crippen MR) is 84.2 cm³/mol. The van der Waals surface area contributed by atoms with Crippen molar-refractivity contribution in [1.82, 2.24) is 5.32 Å². The molecular weight excluding hydrogens is 262 g/mol. The van der Waals surface area contributed by atoms with E-state index in [1.54, 1.807) is 7.05 Å². The molecule has 0 saturated heterocycles. The third kappa shape index (κ3) is 2.22. The Bertz CT molecular complexity index is 667. The monoisotopic (exact) mass is 283 g/mol. The average Bonchev–Trinajstić information content (AvgIpc) is 2.54. The molecule has 0 aromatic heterocycles. The maximum atomic E-state index is 12.6. The third-order valence-electron chi connectivity index (χ3n) is 4.76. The van der Waals surface area contributed by atoms with E-state index in [1.165, 1.54) is 0 Å². The van der Waals surface area contributed by atoms with E-state index >= 15 is 0 Å². The van der Waals surface area contributed by atoms with Crippen LogP contribution in [0.1, 0.15) is 31.2 Å². The molecule has 21 heavy (non-hydrogen) atoms. The Morgan fingerprint density at radius 1 is 1.19 bits per heavy atom. The summed E-state index contributed by atoms with van der Waals surface area (Å²) in [4.78, 5) is 12.6. The summed E-state index contributed by atoms with van der Waals surface area (Å²) in [5.74, 6) is -0.0787. The lowest BCUT2D eigenvalue weighted by Crippen LogP contribution is -2.53. The van der Waals surface area contributed by atoms with Crippen LogP contribution < -0.4 is 5.32 Å². The number of carbonyl (C=O) groups excluding carboxylic acids is 1. The number of rotatable bonds is 2. The fourth-order valence-corrected chi connectivity index (χ4v) is 3.58. The zero-order valence-electron chi connectivity index (χ0n) is 12.3. The van der Waals surface area contributed by atoms with Gasteiger partial charge in [0.15, 0.2) is 0 Å². The molecule has 3 heteroatoms. The van der Waals surface area contributed by atoms with Crippen molar-refractivity contribution in [2.24, 2.45) is 0 Å². The number of likely N-dealkylation sites (N-methyl/N-ethyl adjacent to an activating group) is 1. The molecule has 1 aliphatic carbocycles. The maximum Gasteiger partial charge on any atom is 0.233 e. The molecule has 0 spiro atoms. The highest BCUT2D eigenvalue weighted by atomic mass is 16.3. The second kappa shape index (κ2) is 5.49. The molecule has 3 nitrogen and oxygen atoms in total. The minimum absolute atomic E-state index is 0.0787. The van der Waals surface area contributed by atoms with E-state index in [4.69, 9.17) is 0 Å². The van der Waals surface area contributed by atoms with Crippen molar-refractivity contribution in [2.75, 3.05) is 7.05 Å². The molecule has 0 heterocycles. The molecule has 2 unspecified atom stereocenters. The van der Waals surface area contributed by atoms with E-state index in [1.807, 2.05) is 30.3 Å². The Labute approximate surface area is 125 Å². The van der Waals surface area contributed by atoms with Crippen LogP contribution >= 0.6 is 0 Å². The van der Waals surface area contributed by atoms with Gasteiger partial charge in [-0.25, -0.2) is 0 Å². The van der Waals surface area contributed by atoms with Crippen LogP contribution in [0.2, 0.25) is 0 Å². The number of aliphatic hydroxyl groups excluding tert-OH is 1. The fourth-order valence-electron chi connectivity index (χ4n) is 3.58. The molecule has 1 aliphatic rings. The summed E-state index contributed by atoms with van der Waals surface area (Å²) in [6.07, 6.45) is 2.71. The molecule has 110 valence electrons. The normalized spacial score (nSPS) is 25.7. The van der Waals surface area contributed by atoms with Crippen LogP contribution in [0.25, 0.3) is 10.8 Å². The summed E-state index contributed by atoms with van der Waals surface area (Å²) in [6, 6.07) is 14.2. The quantitative estimate of drug-likeness (QED) is 0.890. The number of benzene rings is 2. The van der Waals surface area contributed by atoms with Gasteiger partial charge in [0.1, 0.15) is 0 Å². The van der Waals surface area contributed by atoms with Crippen LogP contribution in [0, 0.1) is 0 Å². The summed E-state index contributed by atoms with van der Waals surface area (Å²) < 4.78 is 0. The van der Waals surface area contributed by atoms with E-state index < -0.39 is 11.5 Å². The highest BCUT2D eigenvalue weighted by molar-refractivity contribution is 5.91. The molecule has 0 radical (unpaired) electrons. The lowest BCUT2D eigenvalue weighted by Gasteiger charge is -2.40. The fraction of sp³-hybridized carbons (Fsp3) is 0.389. The van der Waals surface area contributed by atoms with Crippen LogP contribution in [0.15, 0.2) is 42.5 Å². The molecule has 1 amide bonds. The predicted octanol–water partition coefficient (Wildman–Crippen LogP) is 2.76. The zero-order chi connectivity index (χ0) is 14.9. The van der Waals surface area contributed by atoms with Gasteiger partial charge < -0.3 is 10.4 Å². The highest BCUT2D eigenvalue weighted by Gasteiger charge is 2.47. The Kier molecular flexibility index (Phi) is 3.68. The molecule has 1 saturated carbocycles. The van der Waals surface area contributed by atoms with E-state index in [0.29, 0.717) is 12.8 Å². The Morgan fingerprint density at radius 3 is 2.67 bits per heavy atom. The van der Waals surface area contributed by atoms with Crippen LogP contribution in [-0.4, -0.2) is 24.2 Å². The standard InChI is InChI=1S/C18H21NO2/c1-19-17(21)18(11-5-4-8-16(18)20)15-10-9-13-6-2-3-7-14(13)12-15/h2-3,6-7,9-10,12,16,20H,4-5,8,11H2,1H3,(H,19,21). The van der Waals surface area contributed by atoms with E-state index in [0.717, 1.165) is 29.2 Å². The number of hydrogen-bond donors (Lipinski definition) is 2. The van der Waals surface area contributed by atoms with Gasteiger partial charge in [-0.15, -0.1) is 0 Å². The third-order valence-corrected chi connectivity index (χ3v) is 4.76. The van der Waals surface area contributed by atoms with Crippen LogP contribution in [0.5, 0.6) is 0 Å². The Hall–Kier alpha value is -1.87. The van der Waals surface area contributed by atoms with Gasteiger partial charge in [0, 0.05) is 7.05 Å². The second-order valence-corrected chi connectivity index (χ2v) is 5.87. The van der Waals surface area contributed by atoms with Gasteiger partial charge in [-0.3, -0.25) is 4.79 Å². The van der Waals surface area contributed by atoms with Crippen LogP contribution in [0.4, 0.5) is 0 Å². The molecule has 2 aromatic rings. The number of nitrogens with one attached hydrogen (secondary N) is 1. The van der Waals surface area contributed by atoms with Crippen molar-refractivity contribution in [1.29, 1.82) is 0 Å². The first-order valence-corrected chi connectivity index (χ1v) is 7.58. The minimum Gasteiger partial charge on any atom is -0.392 e. The molecule has 2 aromatic carbocycles. The lowest BCUT2D eigenvalue weighted by molar-refractivity contribution is -0.132. The average molecular weight is 283 g/mol. The highest BCUT2D eigenvalue weighted by Crippen LogP contribution is 2.40. The Morgan fingerprint density at radius 2 is 1.95 bits per heavy atom. The first-order chi connectivity index (χ1) is 10.2. The van der Waals surface area contributed by atoms with Crippen molar-refractivity contribution in [3.8, 4) is 0 Å². The van der Waals surface area contributed by atoms with Crippen LogP contribution in [0.3, 0.4) is 0 Å². The van der Waals surface area contributed by atoms with Crippen LogP contribution in [-0.2, 0) is 10.2 Å². The molecule has 2 N–H and O–H groups in total. The van der Waals surface area contributed by atoms with E-state index in [2.05, 4.69) is 17.4 Å². The summed E-state index contributed by atoms with van der Waals surface area (Å²) in [7, 11) is 1.65. The number of hydrogen-bond acceptors (Lipinski definition) is 2. The van der Waals surface area contributed by atoms with Gasteiger partial charge >= 0.3 is 0 Å². The summed E-state index contributed by atoms with van der Waals surface area (Å²) >= 11 is 0. The SMILES string of the molecule is CNC(=O)C1(c2ccc3ccccc3c2)CCCCC1O. The second-order valence-electron chi connectivity index (χ2n) is 5.87. The van der Waals surface area contributed by atoms with Gasteiger partial charge in [0.2, 0.25) is 5.91 Å². The Balaban J connectivity index is 2.16. The summed E-state index contributed by atoms with van der Waals surface area (Å²) in [5.41, 5.74) is 0.115. The first kappa shape index (κ1) is 14.1. The molecule has 1 fully saturated rings.